The van der Waals surface area contributed by atoms with Crippen molar-refractivity contribution in [3.05, 3.63) is 53.5 Å². The molecule has 2 rings (SSSR count). The van der Waals surface area contributed by atoms with Crippen LogP contribution in [0.2, 0.25) is 0 Å². The van der Waals surface area contributed by atoms with Crippen molar-refractivity contribution in [1.29, 1.82) is 0 Å². The number of hydrogen-bond acceptors (Lipinski definition) is 5. The van der Waals surface area contributed by atoms with Crippen LogP contribution in [0.3, 0.4) is 0 Å². The van der Waals surface area contributed by atoms with Gasteiger partial charge in [-0.1, -0.05) is 0 Å². The lowest BCUT2D eigenvalue weighted by Crippen LogP contribution is -2.06. The summed E-state index contributed by atoms with van der Waals surface area (Å²) in [5.41, 5.74) is 0.0153. The van der Waals surface area contributed by atoms with Crippen LogP contribution in [0, 0.1) is 0 Å². The van der Waals surface area contributed by atoms with Gasteiger partial charge in [0.2, 0.25) is 0 Å². The van der Waals surface area contributed by atoms with Crippen LogP contribution in [0.4, 0.5) is 0 Å². The second-order valence-corrected chi connectivity index (χ2v) is 4.27. The Kier molecular flexibility index (Phi) is 4.63. The van der Waals surface area contributed by atoms with Crippen molar-refractivity contribution < 1.29 is 28.6 Å². The van der Waals surface area contributed by atoms with Crippen LogP contribution in [0.1, 0.15) is 26.5 Å². The summed E-state index contributed by atoms with van der Waals surface area (Å²) in [6, 6.07) is 5.99. The van der Waals surface area contributed by atoms with Crippen molar-refractivity contribution in [1.82, 2.24) is 0 Å². The van der Waals surface area contributed by atoms with Gasteiger partial charge in [0.1, 0.15) is 22.8 Å². The summed E-state index contributed by atoms with van der Waals surface area (Å²) in [6.45, 7) is 0. The van der Waals surface area contributed by atoms with Gasteiger partial charge in [0, 0.05) is 6.07 Å². The maximum absolute atomic E-state index is 12.3. The van der Waals surface area contributed by atoms with Crippen LogP contribution < -0.4 is 9.47 Å². The van der Waals surface area contributed by atoms with Crippen molar-refractivity contribution in [2.75, 3.05) is 14.2 Å². The van der Waals surface area contributed by atoms with E-state index in [0.717, 1.165) is 0 Å². The fourth-order valence-electron chi connectivity index (χ4n) is 1.89. The summed E-state index contributed by atoms with van der Waals surface area (Å²) in [5, 5.41) is 9.18. The Labute approximate surface area is 126 Å². The largest absolute Gasteiger partial charge is 0.496 e. The third-order valence-corrected chi connectivity index (χ3v) is 2.96. The highest BCUT2D eigenvalue weighted by Gasteiger charge is 2.19. The van der Waals surface area contributed by atoms with E-state index in [1.165, 1.54) is 44.8 Å². The smallest absolute Gasteiger partial charge is 0.339 e. The van der Waals surface area contributed by atoms with Crippen LogP contribution in [-0.2, 0) is 0 Å². The van der Waals surface area contributed by atoms with Crippen LogP contribution in [0.25, 0.3) is 6.08 Å². The van der Waals surface area contributed by atoms with E-state index in [-0.39, 0.29) is 22.6 Å². The van der Waals surface area contributed by atoms with Gasteiger partial charge in [0.15, 0.2) is 5.78 Å². The number of carboxylic acid groups (broad SMARTS) is 1. The average Bonchev–Trinajstić information content (AvgIpc) is 3.04. The minimum Gasteiger partial charge on any atom is -0.496 e. The SMILES string of the molecule is COc1cc(OC)c(C(=O)/C=C/c2ccco2)cc1C(=O)O. The number of benzene rings is 1. The number of carbonyl (C=O) groups is 2. The van der Waals surface area contributed by atoms with Crippen molar-refractivity contribution in [2.24, 2.45) is 0 Å². The standard InChI is InChI=1S/C16H14O6/c1-20-14-9-15(21-2)12(16(18)19)8-11(14)13(17)6-5-10-4-3-7-22-10/h3-9H,1-2H3,(H,18,19)/b6-5+. The van der Waals surface area contributed by atoms with Gasteiger partial charge in [-0.3, -0.25) is 4.79 Å². The molecule has 0 spiro atoms. The quantitative estimate of drug-likeness (QED) is 0.652. The Morgan fingerprint density at radius 2 is 1.82 bits per heavy atom. The van der Waals surface area contributed by atoms with Gasteiger partial charge in [-0.2, -0.15) is 0 Å². The summed E-state index contributed by atoms with van der Waals surface area (Å²) in [4.78, 5) is 23.5. The molecule has 1 aromatic heterocycles. The zero-order valence-electron chi connectivity index (χ0n) is 12.0. The molecule has 0 saturated carbocycles. The number of furan rings is 1. The number of hydrogen-bond donors (Lipinski definition) is 1. The van der Waals surface area contributed by atoms with Crippen molar-refractivity contribution in [3.8, 4) is 11.5 Å². The maximum atomic E-state index is 12.3. The molecule has 0 aliphatic rings. The van der Waals surface area contributed by atoms with Gasteiger partial charge in [0.25, 0.3) is 0 Å². The highest BCUT2D eigenvalue weighted by Crippen LogP contribution is 2.29. The Morgan fingerprint density at radius 1 is 1.14 bits per heavy atom. The number of carbonyl (C=O) groups excluding carboxylic acids is 1. The van der Waals surface area contributed by atoms with E-state index < -0.39 is 11.8 Å². The van der Waals surface area contributed by atoms with E-state index in [1.54, 1.807) is 12.1 Å². The highest BCUT2D eigenvalue weighted by molar-refractivity contribution is 6.10. The van der Waals surface area contributed by atoms with Gasteiger partial charge in [-0.15, -0.1) is 0 Å². The molecule has 22 heavy (non-hydrogen) atoms. The molecule has 0 bridgehead atoms. The first-order valence-corrected chi connectivity index (χ1v) is 6.32. The molecule has 0 aliphatic heterocycles. The van der Waals surface area contributed by atoms with Crippen molar-refractivity contribution in [3.63, 3.8) is 0 Å². The predicted octanol–water partition coefficient (Wildman–Crippen LogP) is 2.89. The fourth-order valence-corrected chi connectivity index (χ4v) is 1.89. The van der Waals surface area contributed by atoms with Gasteiger partial charge >= 0.3 is 5.97 Å². The van der Waals surface area contributed by atoms with E-state index in [0.29, 0.717) is 5.76 Å². The first-order valence-electron chi connectivity index (χ1n) is 6.32. The van der Waals surface area contributed by atoms with Gasteiger partial charge in [-0.25, -0.2) is 4.79 Å². The molecule has 0 saturated heterocycles. The fraction of sp³-hybridized carbons (Fsp3) is 0.125. The first-order chi connectivity index (χ1) is 10.6. The Morgan fingerprint density at radius 3 is 2.36 bits per heavy atom. The van der Waals surface area contributed by atoms with E-state index in [9.17, 15) is 14.7 Å². The molecule has 114 valence electrons. The van der Waals surface area contributed by atoms with E-state index >= 15 is 0 Å². The van der Waals surface area contributed by atoms with Gasteiger partial charge < -0.3 is 19.0 Å². The topological polar surface area (TPSA) is 86.0 Å². The van der Waals surface area contributed by atoms with Crippen LogP contribution in [0.5, 0.6) is 11.5 Å². The van der Waals surface area contributed by atoms with Crippen LogP contribution >= 0.6 is 0 Å². The number of methoxy groups -OCH3 is 2. The Hall–Kier alpha value is -3.02. The minimum atomic E-state index is -1.19. The number of allylic oxidation sites excluding steroid dienone is 1. The van der Waals surface area contributed by atoms with Gasteiger partial charge in [-0.05, 0) is 30.4 Å². The summed E-state index contributed by atoms with van der Waals surface area (Å²) in [6.07, 6.45) is 4.27. The molecule has 0 fully saturated rings. The first kappa shape index (κ1) is 15.4. The zero-order chi connectivity index (χ0) is 16.1. The molecule has 6 nitrogen and oxygen atoms in total. The summed E-state index contributed by atoms with van der Waals surface area (Å²) in [5.74, 6) is -0.729. The maximum Gasteiger partial charge on any atom is 0.339 e. The minimum absolute atomic E-state index is 0.113. The van der Waals surface area contributed by atoms with Crippen LogP contribution in [0.15, 0.2) is 41.0 Å². The van der Waals surface area contributed by atoms with E-state index in [4.69, 9.17) is 13.9 Å². The Balaban J connectivity index is 2.42. The number of ether oxygens (including phenoxy) is 2. The molecular formula is C16H14O6. The predicted molar refractivity (Wildman–Crippen MR) is 78.6 cm³/mol. The molecule has 1 aromatic carbocycles. The summed E-state index contributed by atoms with van der Waals surface area (Å²) < 4.78 is 15.2. The van der Waals surface area contributed by atoms with Crippen LogP contribution in [-0.4, -0.2) is 31.1 Å². The Bertz CT molecular complexity index is 712. The van der Waals surface area contributed by atoms with Crippen molar-refractivity contribution >= 4 is 17.8 Å². The average molecular weight is 302 g/mol. The zero-order valence-corrected chi connectivity index (χ0v) is 12.0. The summed E-state index contributed by atoms with van der Waals surface area (Å²) in [7, 11) is 2.74. The number of aromatic carboxylic acids is 1. The molecule has 2 aromatic rings. The molecule has 6 heteroatoms. The lowest BCUT2D eigenvalue weighted by atomic mass is 10.0. The number of rotatable bonds is 6. The van der Waals surface area contributed by atoms with E-state index in [1.807, 2.05) is 0 Å². The van der Waals surface area contributed by atoms with Crippen molar-refractivity contribution in [2.45, 2.75) is 0 Å². The molecule has 1 heterocycles. The second kappa shape index (κ2) is 6.62. The molecule has 0 amide bonds. The molecule has 0 unspecified atom stereocenters. The molecule has 0 radical (unpaired) electrons. The van der Waals surface area contributed by atoms with E-state index in [2.05, 4.69) is 0 Å². The number of ketones is 1. The van der Waals surface area contributed by atoms with Gasteiger partial charge in [0.05, 0.1) is 26.0 Å². The summed E-state index contributed by atoms with van der Waals surface area (Å²) >= 11 is 0. The lowest BCUT2D eigenvalue weighted by molar-refractivity contribution is 0.0693. The molecular weight excluding hydrogens is 288 g/mol. The highest BCUT2D eigenvalue weighted by atomic mass is 16.5. The third-order valence-electron chi connectivity index (χ3n) is 2.96. The monoisotopic (exact) mass is 302 g/mol. The normalized spacial score (nSPS) is 10.6. The molecule has 1 N–H and O–H groups in total. The molecule has 0 aliphatic carbocycles. The third kappa shape index (κ3) is 3.17. The number of carboxylic acids is 1. The second-order valence-electron chi connectivity index (χ2n) is 4.27. The molecule has 0 atom stereocenters. The lowest BCUT2D eigenvalue weighted by Gasteiger charge is -2.11.